The van der Waals surface area contributed by atoms with Crippen LogP contribution in [0.15, 0.2) is 42.6 Å². The number of hydrogen-bond acceptors (Lipinski definition) is 2. The number of pyridine rings is 1. The predicted molar refractivity (Wildman–Crippen MR) is 62.9 cm³/mol. The van der Waals surface area contributed by atoms with Crippen molar-refractivity contribution in [1.29, 1.82) is 0 Å². The maximum atomic E-state index is 11.3. The Labute approximate surface area is 93.9 Å². The minimum absolute atomic E-state index is 0.452. The summed E-state index contributed by atoms with van der Waals surface area (Å²) in [6.45, 7) is 1.98. The van der Waals surface area contributed by atoms with Gasteiger partial charge in [-0.1, -0.05) is 24.3 Å². The van der Waals surface area contributed by atoms with Gasteiger partial charge in [-0.25, -0.2) is 0 Å². The molecule has 16 heavy (non-hydrogen) atoms. The minimum Gasteiger partial charge on any atom is -0.366 e. The molecule has 1 heterocycles. The number of amides is 1. The molecule has 0 aliphatic carbocycles. The average molecular weight is 212 g/mol. The van der Waals surface area contributed by atoms with Crippen molar-refractivity contribution in [3.63, 3.8) is 0 Å². The van der Waals surface area contributed by atoms with Crippen LogP contribution in [0.3, 0.4) is 0 Å². The van der Waals surface area contributed by atoms with Crippen LogP contribution in [-0.2, 0) is 0 Å². The third kappa shape index (κ3) is 1.80. The Bertz CT molecular complexity index is 535. The largest absolute Gasteiger partial charge is 0.366 e. The highest BCUT2D eigenvalue weighted by molar-refractivity contribution is 5.99. The molecule has 0 unspecified atom stereocenters. The Morgan fingerprint density at radius 3 is 2.62 bits per heavy atom. The Hall–Kier alpha value is -2.16. The summed E-state index contributed by atoms with van der Waals surface area (Å²) >= 11 is 0. The molecule has 0 radical (unpaired) electrons. The van der Waals surface area contributed by atoms with Crippen molar-refractivity contribution in [1.82, 2.24) is 4.98 Å². The Kier molecular flexibility index (Phi) is 2.68. The molecule has 2 N–H and O–H groups in total. The molecule has 0 saturated heterocycles. The van der Waals surface area contributed by atoms with E-state index < -0.39 is 5.91 Å². The van der Waals surface area contributed by atoms with E-state index in [0.29, 0.717) is 11.3 Å². The van der Waals surface area contributed by atoms with Gasteiger partial charge in [-0.15, -0.1) is 0 Å². The number of benzene rings is 1. The molecule has 2 rings (SSSR count). The van der Waals surface area contributed by atoms with Crippen LogP contribution in [0.5, 0.6) is 0 Å². The highest BCUT2D eigenvalue weighted by Crippen LogP contribution is 2.23. The molecule has 80 valence electrons. The SMILES string of the molecule is Cc1ccccc1-c1ncccc1C(N)=O. The molecular formula is C13H12N2O. The number of aryl methyl sites for hydroxylation is 1. The smallest absolute Gasteiger partial charge is 0.250 e. The number of carbonyl (C=O) groups excluding carboxylic acids is 1. The van der Waals surface area contributed by atoms with Gasteiger partial charge in [0.05, 0.1) is 11.3 Å². The molecule has 3 nitrogen and oxygen atoms in total. The zero-order valence-electron chi connectivity index (χ0n) is 8.97. The van der Waals surface area contributed by atoms with Crippen LogP contribution in [0, 0.1) is 6.92 Å². The summed E-state index contributed by atoms with van der Waals surface area (Å²) in [5.74, 6) is -0.452. The molecule has 0 atom stereocenters. The molecular weight excluding hydrogens is 200 g/mol. The van der Waals surface area contributed by atoms with Gasteiger partial charge in [0.25, 0.3) is 5.91 Å². The molecule has 0 aliphatic heterocycles. The van der Waals surface area contributed by atoms with Gasteiger partial charge < -0.3 is 5.73 Å². The monoisotopic (exact) mass is 212 g/mol. The molecule has 0 saturated carbocycles. The van der Waals surface area contributed by atoms with E-state index in [-0.39, 0.29) is 0 Å². The molecule has 1 aromatic heterocycles. The van der Waals surface area contributed by atoms with Crippen LogP contribution < -0.4 is 5.73 Å². The number of primary amides is 1. The first-order valence-corrected chi connectivity index (χ1v) is 5.01. The van der Waals surface area contributed by atoms with E-state index >= 15 is 0 Å². The maximum absolute atomic E-state index is 11.3. The van der Waals surface area contributed by atoms with E-state index in [4.69, 9.17) is 5.73 Å². The van der Waals surface area contributed by atoms with Gasteiger partial charge in [-0.2, -0.15) is 0 Å². The van der Waals surface area contributed by atoms with Gasteiger partial charge in [-0.05, 0) is 24.6 Å². The molecule has 3 heteroatoms. The normalized spacial score (nSPS) is 10.1. The standard InChI is InChI=1S/C13H12N2O/c1-9-5-2-3-6-10(9)12-11(13(14)16)7-4-8-15-12/h2-8H,1H3,(H2,14,16). The fourth-order valence-corrected chi connectivity index (χ4v) is 1.66. The van der Waals surface area contributed by atoms with Crippen LogP contribution in [0.4, 0.5) is 0 Å². The van der Waals surface area contributed by atoms with Gasteiger partial charge in [0.1, 0.15) is 0 Å². The predicted octanol–water partition coefficient (Wildman–Crippen LogP) is 2.16. The summed E-state index contributed by atoms with van der Waals surface area (Å²) in [5, 5.41) is 0. The molecule has 1 aromatic carbocycles. The van der Waals surface area contributed by atoms with Crippen molar-refractivity contribution in [3.8, 4) is 11.3 Å². The summed E-state index contributed by atoms with van der Waals surface area (Å²) in [6.07, 6.45) is 1.66. The Morgan fingerprint density at radius 2 is 1.94 bits per heavy atom. The van der Waals surface area contributed by atoms with E-state index in [1.165, 1.54) is 0 Å². The van der Waals surface area contributed by atoms with E-state index in [0.717, 1.165) is 11.1 Å². The van der Waals surface area contributed by atoms with Crippen molar-refractivity contribution >= 4 is 5.91 Å². The van der Waals surface area contributed by atoms with E-state index in [1.54, 1.807) is 18.3 Å². The third-order valence-corrected chi connectivity index (χ3v) is 2.47. The van der Waals surface area contributed by atoms with E-state index in [1.807, 2.05) is 31.2 Å². The van der Waals surface area contributed by atoms with Gasteiger partial charge in [0, 0.05) is 11.8 Å². The summed E-state index contributed by atoms with van der Waals surface area (Å²) < 4.78 is 0. The van der Waals surface area contributed by atoms with Crippen LogP contribution >= 0.6 is 0 Å². The van der Waals surface area contributed by atoms with Gasteiger partial charge in [0.15, 0.2) is 0 Å². The summed E-state index contributed by atoms with van der Waals surface area (Å²) in [7, 11) is 0. The molecule has 0 bridgehead atoms. The number of aromatic nitrogens is 1. The van der Waals surface area contributed by atoms with Crippen molar-refractivity contribution < 1.29 is 4.79 Å². The fourth-order valence-electron chi connectivity index (χ4n) is 1.66. The van der Waals surface area contributed by atoms with Gasteiger partial charge in [-0.3, -0.25) is 9.78 Å². The molecule has 1 amide bonds. The van der Waals surface area contributed by atoms with E-state index in [2.05, 4.69) is 4.98 Å². The number of nitrogens with zero attached hydrogens (tertiary/aromatic N) is 1. The maximum Gasteiger partial charge on any atom is 0.250 e. The molecule has 0 aliphatic rings. The summed E-state index contributed by atoms with van der Waals surface area (Å²) in [4.78, 5) is 15.5. The number of rotatable bonds is 2. The quantitative estimate of drug-likeness (QED) is 0.829. The number of carbonyl (C=O) groups is 1. The van der Waals surface area contributed by atoms with Crippen LogP contribution in [-0.4, -0.2) is 10.9 Å². The van der Waals surface area contributed by atoms with Crippen molar-refractivity contribution in [2.75, 3.05) is 0 Å². The van der Waals surface area contributed by atoms with Crippen LogP contribution in [0.1, 0.15) is 15.9 Å². The molecule has 0 spiro atoms. The van der Waals surface area contributed by atoms with Gasteiger partial charge in [0.2, 0.25) is 0 Å². The first kappa shape index (κ1) is 10.4. The lowest BCUT2D eigenvalue weighted by atomic mass is 10.0. The third-order valence-electron chi connectivity index (χ3n) is 2.47. The van der Waals surface area contributed by atoms with Crippen molar-refractivity contribution in [2.24, 2.45) is 5.73 Å². The number of nitrogens with two attached hydrogens (primary N) is 1. The Morgan fingerprint density at radius 1 is 1.19 bits per heavy atom. The van der Waals surface area contributed by atoms with Crippen LogP contribution in [0.2, 0.25) is 0 Å². The fraction of sp³-hybridized carbons (Fsp3) is 0.0769. The molecule has 0 fully saturated rings. The minimum atomic E-state index is -0.452. The lowest BCUT2D eigenvalue weighted by Crippen LogP contribution is -2.13. The second-order valence-corrected chi connectivity index (χ2v) is 3.58. The second kappa shape index (κ2) is 4.14. The topological polar surface area (TPSA) is 56.0 Å². The van der Waals surface area contributed by atoms with Crippen molar-refractivity contribution in [2.45, 2.75) is 6.92 Å². The van der Waals surface area contributed by atoms with Crippen molar-refractivity contribution in [3.05, 3.63) is 53.7 Å². The Balaban J connectivity index is 2.65. The highest BCUT2D eigenvalue weighted by Gasteiger charge is 2.11. The zero-order chi connectivity index (χ0) is 11.5. The van der Waals surface area contributed by atoms with E-state index in [9.17, 15) is 4.79 Å². The van der Waals surface area contributed by atoms with Gasteiger partial charge >= 0.3 is 0 Å². The second-order valence-electron chi connectivity index (χ2n) is 3.58. The average Bonchev–Trinajstić information content (AvgIpc) is 2.29. The lowest BCUT2D eigenvalue weighted by Gasteiger charge is -2.07. The molecule has 2 aromatic rings. The summed E-state index contributed by atoms with van der Waals surface area (Å²) in [6, 6.07) is 11.2. The highest BCUT2D eigenvalue weighted by atomic mass is 16.1. The summed E-state index contributed by atoms with van der Waals surface area (Å²) in [5.41, 5.74) is 8.44. The first-order valence-electron chi connectivity index (χ1n) is 5.01. The van der Waals surface area contributed by atoms with Crippen LogP contribution in [0.25, 0.3) is 11.3 Å². The number of hydrogen-bond donors (Lipinski definition) is 1. The first-order chi connectivity index (χ1) is 7.70. The lowest BCUT2D eigenvalue weighted by molar-refractivity contribution is 0.100. The zero-order valence-corrected chi connectivity index (χ0v) is 8.97.